The number of nitrogens with zero attached hydrogens (tertiary/aromatic N) is 2. The Balaban J connectivity index is 1.79. The summed E-state index contributed by atoms with van der Waals surface area (Å²) in [6.45, 7) is 10.4. The summed E-state index contributed by atoms with van der Waals surface area (Å²) in [4.78, 5) is 19.4. The third-order valence-corrected chi connectivity index (χ3v) is 6.43. The van der Waals surface area contributed by atoms with Crippen molar-refractivity contribution in [1.29, 1.82) is 0 Å². The number of aryl methyl sites for hydroxylation is 1. The van der Waals surface area contributed by atoms with Crippen molar-refractivity contribution in [1.82, 2.24) is 15.2 Å². The maximum atomic E-state index is 12.6. The highest BCUT2D eigenvalue weighted by atomic mass is 16.5. The normalized spacial score (nSPS) is 19.2. The van der Waals surface area contributed by atoms with Gasteiger partial charge in [0.1, 0.15) is 11.4 Å². The second-order valence-corrected chi connectivity index (χ2v) is 9.94. The summed E-state index contributed by atoms with van der Waals surface area (Å²) in [7, 11) is 1.68. The van der Waals surface area contributed by atoms with Crippen LogP contribution >= 0.6 is 0 Å². The van der Waals surface area contributed by atoms with Gasteiger partial charge >= 0.3 is 0 Å². The molecule has 2 N–H and O–H groups in total. The number of aromatic nitrogens is 1. The molecule has 6 heteroatoms. The number of aliphatic hydroxyl groups is 1. The molecule has 0 radical (unpaired) electrons. The maximum absolute atomic E-state index is 12.6. The summed E-state index contributed by atoms with van der Waals surface area (Å²) in [5.41, 5.74) is 1.32. The van der Waals surface area contributed by atoms with Gasteiger partial charge in [-0.3, -0.25) is 14.7 Å². The lowest BCUT2D eigenvalue weighted by molar-refractivity contribution is -0.131. The SMILES string of the molecule is COc1ccc(CN2CCC[C@H]([C@@](O)(CNC(=O)C(C)(C)C)c3ccccn3)C2)c(C)c1. The molecule has 0 spiro atoms. The first-order valence-electron chi connectivity index (χ1n) is 11.4. The van der Waals surface area contributed by atoms with E-state index in [1.807, 2.05) is 45.0 Å². The van der Waals surface area contributed by atoms with E-state index in [2.05, 4.69) is 34.3 Å². The number of benzene rings is 1. The summed E-state index contributed by atoms with van der Waals surface area (Å²) in [6, 6.07) is 11.8. The summed E-state index contributed by atoms with van der Waals surface area (Å²) < 4.78 is 5.33. The van der Waals surface area contributed by atoms with Crippen molar-refractivity contribution in [3.05, 3.63) is 59.4 Å². The molecule has 1 aliphatic rings. The van der Waals surface area contributed by atoms with Gasteiger partial charge in [0.05, 0.1) is 19.3 Å². The number of ether oxygens (including phenoxy) is 1. The number of nitrogens with one attached hydrogen (secondary N) is 1. The molecule has 1 aliphatic heterocycles. The minimum absolute atomic E-state index is 0.0371. The molecule has 1 aromatic carbocycles. The molecular formula is C26H37N3O3. The Kier molecular flexibility index (Phi) is 7.57. The van der Waals surface area contributed by atoms with Crippen LogP contribution in [0.5, 0.6) is 5.75 Å². The van der Waals surface area contributed by atoms with Crippen LogP contribution in [-0.4, -0.2) is 47.6 Å². The lowest BCUT2D eigenvalue weighted by Crippen LogP contribution is -2.53. The number of rotatable bonds is 7. The van der Waals surface area contributed by atoms with Crippen molar-refractivity contribution >= 4 is 5.91 Å². The predicted octanol–water partition coefficient (Wildman–Crippen LogP) is 3.66. The van der Waals surface area contributed by atoms with Crippen LogP contribution in [0.15, 0.2) is 42.6 Å². The van der Waals surface area contributed by atoms with E-state index in [0.717, 1.165) is 38.2 Å². The Morgan fingerprint density at radius 1 is 1.28 bits per heavy atom. The Morgan fingerprint density at radius 2 is 2.06 bits per heavy atom. The first-order chi connectivity index (χ1) is 15.1. The maximum Gasteiger partial charge on any atom is 0.225 e. The molecule has 32 heavy (non-hydrogen) atoms. The third-order valence-electron chi connectivity index (χ3n) is 6.43. The van der Waals surface area contributed by atoms with Gasteiger partial charge in [0.25, 0.3) is 0 Å². The van der Waals surface area contributed by atoms with Crippen LogP contribution in [0.3, 0.4) is 0 Å². The predicted molar refractivity (Wildman–Crippen MR) is 126 cm³/mol. The first-order valence-corrected chi connectivity index (χ1v) is 11.4. The fourth-order valence-electron chi connectivity index (χ4n) is 4.35. The van der Waals surface area contributed by atoms with Crippen molar-refractivity contribution in [2.45, 2.75) is 52.7 Å². The van der Waals surface area contributed by atoms with Crippen molar-refractivity contribution in [2.75, 3.05) is 26.7 Å². The zero-order chi connectivity index (χ0) is 23.4. The molecule has 6 nitrogen and oxygen atoms in total. The number of carbonyl (C=O) groups is 1. The Hall–Kier alpha value is -2.44. The fourth-order valence-corrected chi connectivity index (χ4v) is 4.35. The van der Waals surface area contributed by atoms with Crippen LogP contribution in [0.1, 0.15) is 50.4 Å². The van der Waals surface area contributed by atoms with E-state index in [1.165, 1.54) is 11.1 Å². The highest BCUT2D eigenvalue weighted by Crippen LogP contribution is 2.35. The highest BCUT2D eigenvalue weighted by Gasteiger charge is 2.42. The molecule has 1 fully saturated rings. The standard InChI is InChI=1S/C26H37N3O3/c1-19-15-22(32-5)12-11-20(19)16-29-14-8-9-21(17-29)26(31,23-10-6-7-13-27-23)18-28-24(30)25(2,3)4/h6-7,10-13,15,21,31H,8-9,14,16-18H2,1-5H3,(H,28,30)/t21-,26-/m0/s1. The zero-order valence-electron chi connectivity index (χ0n) is 20.0. The fraction of sp³-hybridized carbons (Fsp3) is 0.538. The Bertz CT molecular complexity index is 910. The quantitative estimate of drug-likeness (QED) is 0.689. The molecule has 3 rings (SSSR count). The van der Waals surface area contributed by atoms with Gasteiger partial charge in [-0.25, -0.2) is 0 Å². The number of carbonyl (C=O) groups excluding carboxylic acids is 1. The van der Waals surface area contributed by atoms with Crippen molar-refractivity contribution in [2.24, 2.45) is 11.3 Å². The second kappa shape index (κ2) is 10.0. The summed E-state index contributed by atoms with van der Waals surface area (Å²) in [6.07, 6.45) is 3.58. The number of pyridine rings is 1. The molecule has 0 unspecified atom stereocenters. The average molecular weight is 440 g/mol. The highest BCUT2D eigenvalue weighted by molar-refractivity contribution is 5.81. The minimum Gasteiger partial charge on any atom is -0.497 e. The lowest BCUT2D eigenvalue weighted by Gasteiger charge is -2.42. The Labute approximate surface area is 192 Å². The zero-order valence-corrected chi connectivity index (χ0v) is 20.0. The lowest BCUT2D eigenvalue weighted by atomic mass is 9.78. The van der Waals surface area contributed by atoms with Crippen LogP contribution in [0.4, 0.5) is 0 Å². The summed E-state index contributed by atoms with van der Waals surface area (Å²) in [5.74, 6) is 0.750. The van der Waals surface area contributed by atoms with Gasteiger partial charge in [0.15, 0.2) is 0 Å². The van der Waals surface area contributed by atoms with E-state index >= 15 is 0 Å². The van der Waals surface area contributed by atoms with Crippen molar-refractivity contribution in [3.63, 3.8) is 0 Å². The van der Waals surface area contributed by atoms with Gasteiger partial charge in [-0.1, -0.05) is 32.9 Å². The van der Waals surface area contributed by atoms with Crippen LogP contribution in [-0.2, 0) is 16.9 Å². The molecule has 2 heterocycles. The third kappa shape index (κ3) is 5.67. The van der Waals surface area contributed by atoms with E-state index in [1.54, 1.807) is 13.3 Å². The Morgan fingerprint density at radius 3 is 2.69 bits per heavy atom. The number of amides is 1. The minimum atomic E-state index is -1.23. The number of hydrogen-bond donors (Lipinski definition) is 2. The van der Waals surface area contributed by atoms with Gasteiger partial charge in [-0.15, -0.1) is 0 Å². The van der Waals surface area contributed by atoms with Crippen LogP contribution in [0, 0.1) is 18.3 Å². The van der Waals surface area contributed by atoms with Gasteiger partial charge < -0.3 is 15.2 Å². The smallest absolute Gasteiger partial charge is 0.225 e. The summed E-state index contributed by atoms with van der Waals surface area (Å²) in [5, 5.41) is 14.9. The second-order valence-electron chi connectivity index (χ2n) is 9.94. The molecule has 174 valence electrons. The number of methoxy groups -OCH3 is 1. The van der Waals surface area contributed by atoms with Gasteiger partial charge in [-0.2, -0.15) is 0 Å². The number of hydrogen-bond acceptors (Lipinski definition) is 5. The molecule has 2 atom stereocenters. The molecule has 0 aliphatic carbocycles. The number of likely N-dealkylation sites (tertiary alicyclic amines) is 1. The molecule has 1 amide bonds. The van der Waals surface area contributed by atoms with Crippen LogP contribution < -0.4 is 10.1 Å². The van der Waals surface area contributed by atoms with Gasteiger partial charge in [0, 0.05) is 30.6 Å². The summed E-state index contributed by atoms with van der Waals surface area (Å²) >= 11 is 0. The molecule has 1 aromatic heterocycles. The average Bonchev–Trinajstić information content (AvgIpc) is 2.78. The molecule has 1 saturated heterocycles. The van der Waals surface area contributed by atoms with E-state index in [4.69, 9.17) is 4.74 Å². The van der Waals surface area contributed by atoms with E-state index in [0.29, 0.717) is 5.69 Å². The molecule has 0 bridgehead atoms. The molecule has 2 aromatic rings. The number of piperidine rings is 1. The van der Waals surface area contributed by atoms with E-state index < -0.39 is 11.0 Å². The van der Waals surface area contributed by atoms with Gasteiger partial charge in [-0.05, 0) is 61.7 Å². The molecular weight excluding hydrogens is 402 g/mol. The van der Waals surface area contributed by atoms with Crippen LogP contribution in [0.2, 0.25) is 0 Å². The van der Waals surface area contributed by atoms with Crippen molar-refractivity contribution in [3.8, 4) is 5.75 Å². The molecule has 0 saturated carbocycles. The van der Waals surface area contributed by atoms with E-state index in [-0.39, 0.29) is 18.4 Å². The van der Waals surface area contributed by atoms with Crippen molar-refractivity contribution < 1.29 is 14.6 Å². The van der Waals surface area contributed by atoms with Gasteiger partial charge in [0.2, 0.25) is 5.91 Å². The van der Waals surface area contributed by atoms with E-state index in [9.17, 15) is 9.90 Å². The largest absolute Gasteiger partial charge is 0.497 e. The monoisotopic (exact) mass is 439 g/mol. The first kappa shape index (κ1) is 24.2. The topological polar surface area (TPSA) is 74.7 Å². The van der Waals surface area contributed by atoms with Crippen LogP contribution in [0.25, 0.3) is 0 Å².